The predicted molar refractivity (Wildman–Crippen MR) is 39.8 cm³/mol. The summed E-state index contributed by atoms with van der Waals surface area (Å²) in [5.41, 5.74) is 0. The Kier molecular flexibility index (Phi) is 1.41. The number of hydrogen-bond donors (Lipinski definition) is 0. The molecule has 11 heavy (non-hydrogen) atoms. The van der Waals surface area contributed by atoms with Crippen LogP contribution in [-0.4, -0.2) is 12.6 Å². The highest BCUT2D eigenvalue weighted by Crippen LogP contribution is 2.45. The second-order valence-corrected chi connectivity index (χ2v) is 3.38. The molecule has 2 aliphatic rings. The highest BCUT2D eigenvalue weighted by atomic mass is 16.1. The molecule has 2 heteroatoms. The third-order valence-corrected chi connectivity index (χ3v) is 2.90. The lowest BCUT2D eigenvalue weighted by Gasteiger charge is -2.16. The van der Waals surface area contributed by atoms with Gasteiger partial charge < -0.3 is 9.59 Å². The van der Waals surface area contributed by atoms with E-state index in [0.717, 1.165) is 19.0 Å². The third-order valence-electron chi connectivity index (χ3n) is 2.90. The molecule has 1 saturated carbocycles. The SMILES string of the molecule is O=C[C@@H]1[C@H](C=O)[C@@H]2C=C[C@H]1C2. The summed E-state index contributed by atoms with van der Waals surface area (Å²) in [6, 6.07) is 0. The number of allylic oxidation sites excluding steroid dienone is 2. The van der Waals surface area contributed by atoms with Gasteiger partial charge in [-0.15, -0.1) is 0 Å². The van der Waals surface area contributed by atoms with E-state index in [1.54, 1.807) is 0 Å². The smallest absolute Gasteiger partial charge is 0.124 e. The summed E-state index contributed by atoms with van der Waals surface area (Å²) in [5, 5.41) is 0. The lowest BCUT2D eigenvalue weighted by Crippen LogP contribution is -2.21. The molecule has 4 atom stereocenters. The molecule has 1 fully saturated rings. The van der Waals surface area contributed by atoms with Gasteiger partial charge in [0, 0.05) is 11.8 Å². The second kappa shape index (κ2) is 2.29. The molecule has 2 nitrogen and oxygen atoms in total. The Labute approximate surface area is 65.3 Å². The lowest BCUT2D eigenvalue weighted by atomic mass is 9.85. The van der Waals surface area contributed by atoms with E-state index in [4.69, 9.17) is 0 Å². The Morgan fingerprint density at radius 3 is 1.82 bits per heavy atom. The monoisotopic (exact) mass is 150 g/mol. The van der Waals surface area contributed by atoms with Crippen LogP contribution in [0.15, 0.2) is 12.2 Å². The van der Waals surface area contributed by atoms with Crippen LogP contribution in [-0.2, 0) is 9.59 Å². The van der Waals surface area contributed by atoms with Gasteiger partial charge in [-0.1, -0.05) is 12.2 Å². The zero-order chi connectivity index (χ0) is 7.84. The van der Waals surface area contributed by atoms with Gasteiger partial charge in [0.2, 0.25) is 0 Å². The minimum atomic E-state index is -0.0255. The minimum absolute atomic E-state index is 0.0255. The van der Waals surface area contributed by atoms with Crippen LogP contribution >= 0.6 is 0 Å². The van der Waals surface area contributed by atoms with Crippen LogP contribution < -0.4 is 0 Å². The molecule has 2 aliphatic carbocycles. The van der Waals surface area contributed by atoms with E-state index >= 15 is 0 Å². The predicted octanol–water partition coefficient (Wildman–Crippen LogP) is 0.822. The molecule has 0 amide bonds. The highest BCUT2D eigenvalue weighted by molar-refractivity contribution is 5.68. The number of hydrogen-bond acceptors (Lipinski definition) is 2. The molecule has 0 radical (unpaired) electrons. The van der Waals surface area contributed by atoms with Gasteiger partial charge in [0.1, 0.15) is 12.6 Å². The van der Waals surface area contributed by atoms with Crippen LogP contribution in [0.2, 0.25) is 0 Å². The van der Waals surface area contributed by atoms with Crippen molar-refractivity contribution in [2.45, 2.75) is 6.42 Å². The van der Waals surface area contributed by atoms with Crippen LogP contribution in [0.3, 0.4) is 0 Å². The van der Waals surface area contributed by atoms with Gasteiger partial charge in [-0.05, 0) is 18.3 Å². The maximum Gasteiger partial charge on any atom is 0.124 e. The summed E-state index contributed by atoms with van der Waals surface area (Å²) >= 11 is 0. The van der Waals surface area contributed by atoms with Gasteiger partial charge in [-0.2, -0.15) is 0 Å². The molecule has 2 bridgehead atoms. The first-order chi connectivity index (χ1) is 5.36. The fourth-order valence-corrected chi connectivity index (χ4v) is 2.28. The molecule has 0 N–H and O–H groups in total. The van der Waals surface area contributed by atoms with E-state index in [2.05, 4.69) is 12.2 Å². The van der Waals surface area contributed by atoms with Crippen LogP contribution in [0.5, 0.6) is 0 Å². The standard InChI is InChI=1S/C9H10O2/c10-4-8-6-1-2-7(3-6)9(8)5-11/h1-2,4-9H,3H2/t6-,7+,8-,9+. The Morgan fingerprint density at radius 1 is 1.00 bits per heavy atom. The molecule has 0 saturated heterocycles. The normalized spacial score (nSPS) is 46.2. The molecule has 58 valence electrons. The van der Waals surface area contributed by atoms with Gasteiger partial charge in [0.15, 0.2) is 0 Å². The fourth-order valence-electron chi connectivity index (χ4n) is 2.28. The molecule has 2 rings (SSSR count). The first kappa shape index (κ1) is 6.77. The molecular weight excluding hydrogens is 140 g/mol. The maximum absolute atomic E-state index is 10.6. The maximum atomic E-state index is 10.6. The third kappa shape index (κ3) is 0.785. The molecule has 0 aliphatic heterocycles. The van der Waals surface area contributed by atoms with Crippen molar-refractivity contribution in [2.24, 2.45) is 23.7 Å². The van der Waals surface area contributed by atoms with Gasteiger partial charge in [0.05, 0.1) is 0 Å². The van der Waals surface area contributed by atoms with Gasteiger partial charge >= 0.3 is 0 Å². The van der Waals surface area contributed by atoms with Crippen molar-refractivity contribution in [3.8, 4) is 0 Å². The zero-order valence-electron chi connectivity index (χ0n) is 6.14. The summed E-state index contributed by atoms with van der Waals surface area (Å²) in [6.07, 6.45) is 7.03. The van der Waals surface area contributed by atoms with Crippen molar-refractivity contribution >= 4 is 12.6 Å². The Bertz CT molecular complexity index is 198. The average molecular weight is 150 g/mol. The summed E-state index contributed by atoms with van der Waals surface area (Å²) in [6.45, 7) is 0. The first-order valence-electron chi connectivity index (χ1n) is 3.95. The molecule has 0 aromatic rings. The van der Waals surface area contributed by atoms with Crippen molar-refractivity contribution < 1.29 is 9.59 Å². The van der Waals surface area contributed by atoms with Crippen molar-refractivity contribution in [2.75, 3.05) is 0 Å². The summed E-state index contributed by atoms with van der Waals surface area (Å²) in [4.78, 5) is 21.1. The van der Waals surface area contributed by atoms with Gasteiger partial charge in [-0.25, -0.2) is 0 Å². The minimum Gasteiger partial charge on any atom is -0.303 e. The summed E-state index contributed by atoms with van der Waals surface area (Å²) in [5.74, 6) is 0.658. The van der Waals surface area contributed by atoms with E-state index in [1.807, 2.05) is 0 Å². The topological polar surface area (TPSA) is 34.1 Å². The number of rotatable bonds is 2. The average Bonchev–Trinajstić information content (AvgIpc) is 2.60. The zero-order valence-corrected chi connectivity index (χ0v) is 6.14. The summed E-state index contributed by atoms with van der Waals surface area (Å²) < 4.78 is 0. The first-order valence-corrected chi connectivity index (χ1v) is 3.95. The van der Waals surface area contributed by atoms with Crippen molar-refractivity contribution in [3.05, 3.63) is 12.2 Å². The molecule has 0 unspecified atom stereocenters. The molecule has 0 spiro atoms. The molecular formula is C9H10O2. The van der Waals surface area contributed by atoms with Crippen LogP contribution in [0.25, 0.3) is 0 Å². The molecule has 0 heterocycles. The van der Waals surface area contributed by atoms with Gasteiger partial charge in [-0.3, -0.25) is 0 Å². The molecule has 0 aromatic carbocycles. The summed E-state index contributed by atoms with van der Waals surface area (Å²) in [7, 11) is 0. The van der Waals surface area contributed by atoms with Crippen LogP contribution in [0.1, 0.15) is 6.42 Å². The van der Waals surface area contributed by atoms with Crippen LogP contribution in [0.4, 0.5) is 0 Å². The number of carbonyl (C=O) groups is 2. The largest absolute Gasteiger partial charge is 0.303 e. The number of fused-ring (bicyclic) bond motifs is 2. The highest BCUT2D eigenvalue weighted by Gasteiger charge is 2.43. The van der Waals surface area contributed by atoms with Gasteiger partial charge in [0.25, 0.3) is 0 Å². The van der Waals surface area contributed by atoms with E-state index in [1.165, 1.54) is 0 Å². The Morgan fingerprint density at radius 2 is 1.45 bits per heavy atom. The van der Waals surface area contributed by atoms with E-state index in [9.17, 15) is 9.59 Å². The Hall–Kier alpha value is -0.920. The van der Waals surface area contributed by atoms with E-state index in [0.29, 0.717) is 11.8 Å². The number of aldehydes is 2. The quantitative estimate of drug-likeness (QED) is 0.431. The van der Waals surface area contributed by atoms with Crippen molar-refractivity contribution in [3.63, 3.8) is 0 Å². The van der Waals surface area contributed by atoms with E-state index < -0.39 is 0 Å². The molecule has 0 aromatic heterocycles. The van der Waals surface area contributed by atoms with Crippen molar-refractivity contribution in [1.82, 2.24) is 0 Å². The van der Waals surface area contributed by atoms with E-state index in [-0.39, 0.29) is 11.8 Å². The number of carbonyl (C=O) groups excluding carboxylic acids is 2. The van der Waals surface area contributed by atoms with Crippen molar-refractivity contribution in [1.29, 1.82) is 0 Å². The second-order valence-electron chi connectivity index (χ2n) is 3.38. The van der Waals surface area contributed by atoms with Crippen LogP contribution in [0, 0.1) is 23.7 Å². The lowest BCUT2D eigenvalue weighted by molar-refractivity contribution is -0.119. The Balaban J connectivity index is 2.27. The fraction of sp³-hybridized carbons (Fsp3) is 0.556.